The molecule has 1 unspecified atom stereocenters. The van der Waals surface area contributed by atoms with Crippen molar-refractivity contribution >= 4 is 12.0 Å². The number of nitrogens with one attached hydrogen (secondary N) is 1. The Morgan fingerprint density at radius 1 is 1.18 bits per heavy atom. The lowest BCUT2D eigenvalue weighted by molar-refractivity contribution is -0.116. The Morgan fingerprint density at radius 3 is 2.50 bits per heavy atom. The Morgan fingerprint density at radius 2 is 1.86 bits per heavy atom. The van der Waals surface area contributed by atoms with Crippen LogP contribution in [-0.2, 0) is 4.79 Å². The number of hydrogen-bond donors (Lipinski definition) is 2. The van der Waals surface area contributed by atoms with Crippen molar-refractivity contribution in [1.29, 1.82) is 0 Å². The van der Waals surface area contributed by atoms with Crippen LogP contribution in [0.1, 0.15) is 17.2 Å². The lowest BCUT2D eigenvalue weighted by atomic mass is 10.1. The molecular formula is C18H19NO3. The molecule has 1 amide bonds. The summed E-state index contributed by atoms with van der Waals surface area (Å²) in [6, 6.07) is 16.7. The average Bonchev–Trinajstić information content (AvgIpc) is 2.58. The molecule has 0 aliphatic carbocycles. The third-order valence-electron chi connectivity index (χ3n) is 3.20. The van der Waals surface area contributed by atoms with Gasteiger partial charge >= 0.3 is 0 Å². The number of aliphatic hydroxyl groups is 1. The third kappa shape index (κ3) is 4.75. The molecule has 1 atom stereocenters. The van der Waals surface area contributed by atoms with Crippen molar-refractivity contribution in [3.63, 3.8) is 0 Å². The van der Waals surface area contributed by atoms with E-state index in [0.717, 1.165) is 16.9 Å². The number of benzene rings is 2. The number of carbonyl (C=O) groups is 1. The number of aliphatic hydroxyl groups excluding tert-OH is 1. The Bertz CT molecular complexity index is 621. The van der Waals surface area contributed by atoms with Crippen molar-refractivity contribution in [1.82, 2.24) is 5.32 Å². The van der Waals surface area contributed by atoms with Crippen LogP contribution in [0.25, 0.3) is 6.08 Å². The Labute approximate surface area is 130 Å². The highest BCUT2D eigenvalue weighted by Crippen LogP contribution is 2.16. The van der Waals surface area contributed by atoms with Crippen LogP contribution >= 0.6 is 0 Å². The van der Waals surface area contributed by atoms with Crippen molar-refractivity contribution in [3.8, 4) is 5.75 Å². The molecule has 4 heteroatoms. The van der Waals surface area contributed by atoms with Gasteiger partial charge < -0.3 is 15.2 Å². The number of methoxy groups -OCH3 is 1. The standard InChI is InChI=1S/C18H19NO3/c1-22-16-10-8-15(9-11-16)17(20)13-19-18(21)12-7-14-5-3-2-4-6-14/h2-12,17,20H,13H2,1H3,(H,19,21). The van der Waals surface area contributed by atoms with Crippen molar-refractivity contribution in [3.05, 3.63) is 71.8 Å². The highest BCUT2D eigenvalue weighted by Gasteiger charge is 2.08. The Balaban J connectivity index is 1.83. The predicted octanol–water partition coefficient (Wildman–Crippen LogP) is 2.56. The van der Waals surface area contributed by atoms with E-state index in [9.17, 15) is 9.90 Å². The lowest BCUT2D eigenvalue weighted by Crippen LogP contribution is -2.26. The van der Waals surface area contributed by atoms with Gasteiger partial charge in [-0.2, -0.15) is 0 Å². The molecule has 2 N–H and O–H groups in total. The fourth-order valence-corrected chi connectivity index (χ4v) is 1.94. The zero-order valence-electron chi connectivity index (χ0n) is 12.4. The number of ether oxygens (including phenoxy) is 1. The first-order valence-electron chi connectivity index (χ1n) is 7.02. The molecule has 2 aromatic rings. The summed E-state index contributed by atoms with van der Waals surface area (Å²) in [4.78, 5) is 11.7. The monoisotopic (exact) mass is 297 g/mol. The second-order valence-corrected chi connectivity index (χ2v) is 4.78. The minimum absolute atomic E-state index is 0.157. The number of rotatable bonds is 6. The molecule has 0 heterocycles. The van der Waals surface area contributed by atoms with E-state index in [1.54, 1.807) is 37.5 Å². The van der Waals surface area contributed by atoms with Crippen molar-refractivity contribution in [2.24, 2.45) is 0 Å². The smallest absolute Gasteiger partial charge is 0.244 e. The van der Waals surface area contributed by atoms with Gasteiger partial charge in [0.2, 0.25) is 5.91 Å². The molecule has 2 rings (SSSR count). The summed E-state index contributed by atoms with van der Waals surface area (Å²) in [5.74, 6) is 0.488. The molecule has 0 aliphatic heterocycles. The second-order valence-electron chi connectivity index (χ2n) is 4.78. The zero-order chi connectivity index (χ0) is 15.8. The van der Waals surface area contributed by atoms with E-state index < -0.39 is 6.10 Å². The molecule has 0 aromatic heterocycles. The highest BCUT2D eigenvalue weighted by atomic mass is 16.5. The van der Waals surface area contributed by atoms with Gasteiger partial charge in [-0.1, -0.05) is 42.5 Å². The maximum atomic E-state index is 11.7. The minimum Gasteiger partial charge on any atom is -0.497 e. The minimum atomic E-state index is -0.750. The van der Waals surface area contributed by atoms with E-state index in [0.29, 0.717) is 0 Å². The summed E-state index contributed by atoms with van der Waals surface area (Å²) in [7, 11) is 1.59. The summed E-state index contributed by atoms with van der Waals surface area (Å²) < 4.78 is 5.06. The molecule has 0 bridgehead atoms. The van der Waals surface area contributed by atoms with Crippen LogP contribution in [0.4, 0.5) is 0 Å². The molecule has 0 aliphatic rings. The third-order valence-corrected chi connectivity index (χ3v) is 3.20. The van der Waals surface area contributed by atoms with Crippen LogP contribution in [-0.4, -0.2) is 24.7 Å². The van der Waals surface area contributed by atoms with Crippen molar-refractivity contribution in [2.45, 2.75) is 6.10 Å². The van der Waals surface area contributed by atoms with Crippen molar-refractivity contribution in [2.75, 3.05) is 13.7 Å². The van der Waals surface area contributed by atoms with Gasteiger partial charge in [-0.05, 0) is 29.3 Å². The van der Waals surface area contributed by atoms with E-state index in [1.807, 2.05) is 30.3 Å². The second kappa shape index (κ2) is 8.00. The van der Waals surface area contributed by atoms with Gasteiger partial charge in [0.05, 0.1) is 13.2 Å². The topological polar surface area (TPSA) is 58.6 Å². The van der Waals surface area contributed by atoms with Gasteiger partial charge in [0.25, 0.3) is 0 Å². The number of carbonyl (C=O) groups excluding carboxylic acids is 1. The van der Waals surface area contributed by atoms with E-state index >= 15 is 0 Å². The quantitative estimate of drug-likeness (QED) is 0.806. The molecule has 0 saturated heterocycles. The van der Waals surface area contributed by atoms with Gasteiger partial charge in [-0.25, -0.2) is 0 Å². The first kappa shape index (κ1) is 15.8. The molecule has 22 heavy (non-hydrogen) atoms. The zero-order valence-corrected chi connectivity index (χ0v) is 12.4. The molecule has 0 spiro atoms. The van der Waals surface area contributed by atoms with Crippen LogP contribution in [0.2, 0.25) is 0 Å². The maximum absolute atomic E-state index is 11.7. The normalized spacial score (nSPS) is 12.1. The fraction of sp³-hybridized carbons (Fsp3) is 0.167. The summed E-state index contributed by atoms with van der Waals surface area (Å²) in [6.45, 7) is 0.157. The first-order chi connectivity index (χ1) is 10.7. The van der Waals surface area contributed by atoms with Crippen LogP contribution < -0.4 is 10.1 Å². The maximum Gasteiger partial charge on any atom is 0.244 e. The molecular weight excluding hydrogens is 278 g/mol. The SMILES string of the molecule is COc1ccc(C(O)CNC(=O)C=Cc2ccccc2)cc1. The van der Waals surface area contributed by atoms with Gasteiger partial charge in [-0.3, -0.25) is 4.79 Å². The highest BCUT2D eigenvalue weighted by molar-refractivity contribution is 5.91. The summed E-state index contributed by atoms with van der Waals surface area (Å²) in [6.07, 6.45) is 2.44. The van der Waals surface area contributed by atoms with Gasteiger partial charge in [-0.15, -0.1) is 0 Å². The molecule has 0 radical (unpaired) electrons. The number of amides is 1. The fourth-order valence-electron chi connectivity index (χ4n) is 1.94. The average molecular weight is 297 g/mol. The van der Waals surface area contributed by atoms with Crippen LogP contribution in [0.15, 0.2) is 60.7 Å². The number of hydrogen-bond acceptors (Lipinski definition) is 3. The molecule has 114 valence electrons. The van der Waals surface area contributed by atoms with Crippen LogP contribution in [0.3, 0.4) is 0 Å². The van der Waals surface area contributed by atoms with Crippen LogP contribution in [0.5, 0.6) is 5.75 Å². The van der Waals surface area contributed by atoms with Gasteiger partial charge in [0, 0.05) is 12.6 Å². The van der Waals surface area contributed by atoms with Crippen LogP contribution in [0, 0.1) is 0 Å². The Kier molecular flexibility index (Phi) is 5.74. The summed E-state index contributed by atoms with van der Waals surface area (Å²) in [5, 5.41) is 12.7. The Hall–Kier alpha value is -2.59. The van der Waals surface area contributed by atoms with Crippen molar-refractivity contribution < 1.29 is 14.6 Å². The summed E-state index contributed by atoms with van der Waals surface area (Å²) in [5.41, 5.74) is 1.68. The molecule has 4 nitrogen and oxygen atoms in total. The first-order valence-corrected chi connectivity index (χ1v) is 7.02. The van der Waals surface area contributed by atoms with E-state index in [4.69, 9.17) is 4.74 Å². The lowest BCUT2D eigenvalue weighted by Gasteiger charge is -2.11. The van der Waals surface area contributed by atoms with E-state index in [1.165, 1.54) is 6.08 Å². The van der Waals surface area contributed by atoms with E-state index in [-0.39, 0.29) is 12.5 Å². The predicted molar refractivity (Wildman–Crippen MR) is 86.4 cm³/mol. The van der Waals surface area contributed by atoms with Gasteiger partial charge in [0.15, 0.2) is 0 Å². The molecule has 0 saturated carbocycles. The molecule has 0 fully saturated rings. The largest absolute Gasteiger partial charge is 0.497 e. The molecule has 2 aromatic carbocycles. The summed E-state index contributed by atoms with van der Waals surface area (Å²) >= 11 is 0. The van der Waals surface area contributed by atoms with E-state index in [2.05, 4.69) is 5.32 Å². The van der Waals surface area contributed by atoms with Gasteiger partial charge in [0.1, 0.15) is 5.75 Å².